The quantitative estimate of drug-likeness (QED) is 0.569. The third-order valence-electron chi connectivity index (χ3n) is 3.98. The minimum atomic E-state index is -1.15. The fraction of sp³-hybridized carbons (Fsp3) is 0.0526. The highest BCUT2D eigenvalue weighted by Gasteiger charge is 2.18. The molecule has 7 nitrogen and oxygen atoms in total. The Morgan fingerprint density at radius 3 is 2.78 bits per heavy atom. The van der Waals surface area contributed by atoms with Crippen molar-refractivity contribution in [2.45, 2.75) is 6.61 Å². The molecule has 4 heterocycles. The molecule has 1 N–H and O–H groups in total. The summed E-state index contributed by atoms with van der Waals surface area (Å²) in [5.41, 5.74) is 2.24. The normalized spacial score (nSPS) is 10.9. The molecule has 0 aromatic carbocycles. The van der Waals surface area contributed by atoms with Gasteiger partial charge in [-0.3, -0.25) is 4.98 Å². The van der Waals surface area contributed by atoms with E-state index < -0.39 is 6.09 Å². The minimum Gasteiger partial charge on any atom is -0.473 e. The van der Waals surface area contributed by atoms with Crippen LogP contribution >= 0.6 is 11.6 Å². The Balaban J connectivity index is 1.72. The van der Waals surface area contributed by atoms with E-state index in [-0.39, 0.29) is 5.65 Å². The maximum Gasteiger partial charge on any atom is 0.417 e. The molecule has 0 radical (unpaired) electrons. The molecule has 4 aromatic rings. The van der Waals surface area contributed by atoms with Crippen LogP contribution in [0.4, 0.5) is 4.79 Å². The van der Waals surface area contributed by atoms with Crippen LogP contribution in [0.2, 0.25) is 5.02 Å². The second kappa shape index (κ2) is 7.05. The van der Waals surface area contributed by atoms with Gasteiger partial charge >= 0.3 is 6.09 Å². The molecule has 4 aromatic heterocycles. The van der Waals surface area contributed by atoms with Crippen LogP contribution in [-0.4, -0.2) is 30.7 Å². The Morgan fingerprint density at radius 1 is 1.15 bits per heavy atom. The first-order valence-corrected chi connectivity index (χ1v) is 8.38. The number of pyridine rings is 3. The lowest BCUT2D eigenvalue weighted by Gasteiger charge is -2.08. The van der Waals surface area contributed by atoms with Gasteiger partial charge in [-0.2, -0.15) is 0 Å². The lowest BCUT2D eigenvalue weighted by atomic mass is 10.2. The average molecular weight is 381 g/mol. The number of rotatable bonds is 4. The summed E-state index contributed by atoms with van der Waals surface area (Å²) < 4.78 is 6.80. The Labute approximate surface area is 158 Å². The highest BCUT2D eigenvalue weighted by atomic mass is 35.5. The predicted molar refractivity (Wildman–Crippen MR) is 100.0 cm³/mol. The predicted octanol–water partition coefficient (Wildman–Crippen LogP) is 4.25. The van der Waals surface area contributed by atoms with Crippen molar-refractivity contribution in [1.29, 1.82) is 0 Å². The lowest BCUT2D eigenvalue weighted by Crippen LogP contribution is -2.10. The van der Waals surface area contributed by atoms with Gasteiger partial charge in [0.25, 0.3) is 0 Å². The molecule has 4 rings (SSSR count). The molecule has 0 saturated carbocycles. The van der Waals surface area contributed by atoms with Gasteiger partial charge in [0.2, 0.25) is 5.88 Å². The van der Waals surface area contributed by atoms with Gasteiger partial charge in [-0.1, -0.05) is 17.7 Å². The zero-order valence-electron chi connectivity index (χ0n) is 13.9. The molecule has 0 aliphatic rings. The number of carboxylic acid groups (broad SMARTS) is 1. The zero-order valence-corrected chi connectivity index (χ0v) is 14.7. The van der Waals surface area contributed by atoms with E-state index in [2.05, 4.69) is 15.0 Å². The topological polar surface area (TPSA) is 90.1 Å². The molecule has 0 spiro atoms. The summed E-state index contributed by atoms with van der Waals surface area (Å²) in [7, 11) is 0. The van der Waals surface area contributed by atoms with Crippen molar-refractivity contribution in [3.63, 3.8) is 0 Å². The first kappa shape index (κ1) is 17.0. The monoisotopic (exact) mass is 380 g/mol. The van der Waals surface area contributed by atoms with Gasteiger partial charge in [0.05, 0.1) is 10.7 Å². The van der Waals surface area contributed by atoms with Gasteiger partial charge in [-0.15, -0.1) is 0 Å². The van der Waals surface area contributed by atoms with E-state index in [1.807, 2.05) is 12.1 Å². The van der Waals surface area contributed by atoms with Crippen molar-refractivity contribution in [3.05, 3.63) is 71.8 Å². The summed E-state index contributed by atoms with van der Waals surface area (Å²) in [4.78, 5) is 24.2. The van der Waals surface area contributed by atoms with Gasteiger partial charge in [0.15, 0.2) is 5.65 Å². The molecular formula is C19H13ClN4O3. The average Bonchev–Trinajstić information content (AvgIpc) is 3.09. The second-order valence-corrected chi connectivity index (χ2v) is 6.12. The fourth-order valence-electron chi connectivity index (χ4n) is 2.76. The van der Waals surface area contributed by atoms with E-state index in [1.54, 1.807) is 42.9 Å². The van der Waals surface area contributed by atoms with E-state index in [0.717, 1.165) is 10.1 Å². The SMILES string of the molecule is O=C(O)n1c(-c2ccnc(OCc3cccnc3)c2)cc2c(Cl)ccnc21. The number of nitrogens with zero attached hydrogens (tertiary/aromatic N) is 4. The number of hydrogen-bond donors (Lipinski definition) is 1. The Bertz CT molecular complexity index is 1130. The van der Waals surface area contributed by atoms with Crippen LogP contribution in [0.5, 0.6) is 5.88 Å². The smallest absolute Gasteiger partial charge is 0.417 e. The van der Waals surface area contributed by atoms with Crippen molar-refractivity contribution in [2.24, 2.45) is 0 Å². The molecule has 0 aliphatic carbocycles. The van der Waals surface area contributed by atoms with Gasteiger partial charge in [0, 0.05) is 47.4 Å². The molecule has 0 fully saturated rings. The lowest BCUT2D eigenvalue weighted by molar-refractivity contribution is 0.197. The summed E-state index contributed by atoms with van der Waals surface area (Å²) in [6.07, 6.45) is 5.28. The van der Waals surface area contributed by atoms with Crippen LogP contribution < -0.4 is 4.74 Å². The molecule has 0 amide bonds. The maximum atomic E-state index is 11.8. The number of aromatic nitrogens is 4. The van der Waals surface area contributed by atoms with Crippen LogP contribution in [0.15, 0.2) is 61.2 Å². The maximum absolute atomic E-state index is 11.8. The summed E-state index contributed by atoms with van der Waals surface area (Å²) in [6.45, 7) is 0.305. The van der Waals surface area contributed by atoms with E-state index in [4.69, 9.17) is 16.3 Å². The molecule has 134 valence electrons. The van der Waals surface area contributed by atoms with E-state index >= 15 is 0 Å². The zero-order chi connectivity index (χ0) is 18.8. The largest absolute Gasteiger partial charge is 0.473 e. The Hall–Kier alpha value is -3.45. The summed E-state index contributed by atoms with van der Waals surface area (Å²) in [6, 6.07) is 10.4. The highest BCUT2D eigenvalue weighted by Crippen LogP contribution is 2.32. The number of ether oxygens (including phenoxy) is 1. The standard InChI is InChI=1S/C19H13ClN4O3/c20-15-4-7-23-18-14(15)9-16(24(18)19(25)26)13-3-6-22-17(8-13)27-11-12-2-1-5-21-10-12/h1-10H,11H2,(H,25,26). The number of hydrogen-bond acceptors (Lipinski definition) is 5. The molecule has 0 bridgehead atoms. The van der Waals surface area contributed by atoms with Gasteiger partial charge < -0.3 is 9.84 Å². The third kappa shape index (κ3) is 3.32. The Morgan fingerprint density at radius 2 is 2.00 bits per heavy atom. The van der Waals surface area contributed by atoms with E-state index in [9.17, 15) is 9.90 Å². The molecule has 8 heteroatoms. The number of halogens is 1. The minimum absolute atomic E-state index is 0.277. The molecular weight excluding hydrogens is 368 g/mol. The molecule has 27 heavy (non-hydrogen) atoms. The second-order valence-electron chi connectivity index (χ2n) is 5.71. The summed E-state index contributed by atoms with van der Waals surface area (Å²) >= 11 is 6.19. The fourth-order valence-corrected chi connectivity index (χ4v) is 2.96. The summed E-state index contributed by atoms with van der Waals surface area (Å²) in [5, 5.41) is 10.6. The van der Waals surface area contributed by atoms with Gasteiger partial charge in [-0.05, 0) is 24.3 Å². The number of fused-ring (bicyclic) bond motifs is 1. The van der Waals surface area contributed by atoms with E-state index in [1.165, 1.54) is 6.20 Å². The molecule has 0 atom stereocenters. The van der Waals surface area contributed by atoms with Crippen molar-refractivity contribution >= 4 is 28.7 Å². The number of carbonyl (C=O) groups is 1. The van der Waals surface area contributed by atoms with Crippen molar-refractivity contribution in [2.75, 3.05) is 0 Å². The van der Waals surface area contributed by atoms with Crippen LogP contribution in [0.25, 0.3) is 22.3 Å². The highest BCUT2D eigenvalue weighted by molar-refractivity contribution is 6.35. The van der Waals surface area contributed by atoms with Crippen molar-refractivity contribution in [3.8, 4) is 17.1 Å². The third-order valence-corrected chi connectivity index (χ3v) is 4.31. The molecule has 0 aliphatic heterocycles. The van der Waals surface area contributed by atoms with Gasteiger partial charge in [0.1, 0.15) is 6.61 Å². The van der Waals surface area contributed by atoms with E-state index in [0.29, 0.717) is 34.2 Å². The van der Waals surface area contributed by atoms with Crippen LogP contribution in [0.1, 0.15) is 5.56 Å². The first-order chi connectivity index (χ1) is 13.1. The first-order valence-electron chi connectivity index (χ1n) is 8.01. The summed E-state index contributed by atoms with van der Waals surface area (Å²) in [5.74, 6) is 0.373. The Kier molecular flexibility index (Phi) is 4.43. The van der Waals surface area contributed by atoms with Gasteiger partial charge in [-0.25, -0.2) is 19.3 Å². The van der Waals surface area contributed by atoms with Crippen molar-refractivity contribution in [1.82, 2.24) is 19.5 Å². The molecule has 0 unspecified atom stereocenters. The van der Waals surface area contributed by atoms with Crippen LogP contribution in [0.3, 0.4) is 0 Å². The molecule has 0 saturated heterocycles. The van der Waals surface area contributed by atoms with Crippen molar-refractivity contribution < 1.29 is 14.6 Å². The van der Waals surface area contributed by atoms with Crippen LogP contribution in [-0.2, 0) is 6.61 Å². The van der Waals surface area contributed by atoms with Crippen LogP contribution in [0, 0.1) is 0 Å².